The Morgan fingerprint density at radius 3 is 2.60 bits per heavy atom. The summed E-state index contributed by atoms with van der Waals surface area (Å²) in [6.07, 6.45) is 7.65. The van der Waals surface area contributed by atoms with E-state index in [1.54, 1.807) is 43.5 Å². The van der Waals surface area contributed by atoms with Crippen LogP contribution in [-0.2, 0) is 0 Å². The maximum atomic E-state index is 12.0. The second-order valence-corrected chi connectivity index (χ2v) is 4.50. The van der Waals surface area contributed by atoms with Gasteiger partial charge in [-0.1, -0.05) is 18.2 Å². The van der Waals surface area contributed by atoms with E-state index in [1.165, 1.54) is 24.3 Å². The Balaban J connectivity index is 2.12. The van der Waals surface area contributed by atoms with Gasteiger partial charge in [0.2, 0.25) is 0 Å². The van der Waals surface area contributed by atoms with E-state index in [2.05, 4.69) is 0 Å². The zero-order valence-corrected chi connectivity index (χ0v) is 11.1. The minimum Gasteiger partial charge on any atom is -0.497 e. The molecule has 0 saturated carbocycles. The molecule has 2 rings (SSSR count). The number of aliphatic hydroxyl groups is 2. The summed E-state index contributed by atoms with van der Waals surface area (Å²) < 4.78 is 5.02. The molecule has 0 spiro atoms. The van der Waals surface area contributed by atoms with Gasteiger partial charge in [0.25, 0.3) is 0 Å². The first kappa shape index (κ1) is 14.2. The maximum absolute atomic E-state index is 12.0. The Kier molecular flexibility index (Phi) is 4.17. The molecule has 0 radical (unpaired) electrons. The lowest BCUT2D eigenvalue weighted by Crippen LogP contribution is -2.38. The van der Waals surface area contributed by atoms with E-state index in [9.17, 15) is 15.0 Å². The summed E-state index contributed by atoms with van der Waals surface area (Å²) in [6, 6.07) is 6.66. The highest BCUT2D eigenvalue weighted by atomic mass is 16.5. The van der Waals surface area contributed by atoms with Crippen molar-refractivity contribution in [1.29, 1.82) is 0 Å². The van der Waals surface area contributed by atoms with Crippen LogP contribution in [0.1, 0.15) is 10.4 Å². The summed E-state index contributed by atoms with van der Waals surface area (Å²) >= 11 is 0. The molecule has 104 valence electrons. The molecule has 2 atom stereocenters. The Morgan fingerprint density at radius 2 is 2.00 bits per heavy atom. The molecule has 0 amide bonds. The number of carbonyl (C=O) groups is 1. The average molecular weight is 272 g/mol. The molecule has 2 N–H and O–H groups in total. The van der Waals surface area contributed by atoms with E-state index < -0.39 is 11.7 Å². The third-order valence-corrected chi connectivity index (χ3v) is 3.12. The number of ether oxygens (including phenoxy) is 1. The van der Waals surface area contributed by atoms with E-state index in [-0.39, 0.29) is 5.78 Å². The summed E-state index contributed by atoms with van der Waals surface area (Å²) in [4.78, 5) is 12.0. The van der Waals surface area contributed by atoms with Gasteiger partial charge in [-0.15, -0.1) is 0 Å². The van der Waals surface area contributed by atoms with Gasteiger partial charge in [-0.25, -0.2) is 0 Å². The zero-order chi connectivity index (χ0) is 14.6. The minimum absolute atomic E-state index is 0.253. The first-order chi connectivity index (χ1) is 9.55. The Morgan fingerprint density at radius 1 is 1.30 bits per heavy atom. The molecule has 0 saturated heterocycles. The SMILES string of the molecule is COc1ccc(C(=O)C=CC2(O)C=CC=CC2O)cc1. The summed E-state index contributed by atoms with van der Waals surface area (Å²) in [5, 5.41) is 19.9. The van der Waals surface area contributed by atoms with Crippen molar-refractivity contribution in [1.82, 2.24) is 0 Å². The Labute approximate surface area is 117 Å². The number of hydrogen-bond donors (Lipinski definition) is 2. The van der Waals surface area contributed by atoms with Crippen molar-refractivity contribution in [3.63, 3.8) is 0 Å². The van der Waals surface area contributed by atoms with E-state index >= 15 is 0 Å². The smallest absolute Gasteiger partial charge is 0.185 e. The standard InChI is InChI=1S/C16H16O4/c1-20-13-7-5-12(6-8-13)14(17)9-11-16(19)10-3-2-4-15(16)18/h2-11,15,18-19H,1H3. The van der Waals surface area contributed by atoms with E-state index in [4.69, 9.17) is 4.74 Å². The van der Waals surface area contributed by atoms with Crippen LogP contribution >= 0.6 is 0 Å². The highest BCUT2D eigenvalue weighted by Gasteiger charge is 2.29. The van der Waals surface area contributed by atoms with Crippen LogP contribution in [0, 0.1) is 0 Å². The Bertz CT molecular complexity index is 569. The van der Waals surface area contributed by atoms with Gasteiger partial charge < -0.3 is 14.9 Å². The van der Waals surface area contributed by atoms with Gasteiger partial charge in [0, 0.05) is 5.56 Å². The van der Waals surface area contributed by atoms with Gasteiger partial charge in [-0.2, -0.15) is 0 Å². The van der Waals surface area contributed by atoms with Crippen LogP contribution in [0.25, 0.3) is 0 Å². The van der Waals surface area contributed by atoms with Crippen molar-refractivity contribution in [2.45, 2.75) is 11.7 Å². The lowest BCUT2D eigenvalue weighted by molar-refractivity contribution is 0.0213. The lowest BCUT2D eigenvalue weighted by Gasteiger charge is -2.26. The number of carbonyl (C=O) groups excluding carboxylic acids is 1. The molecular weight excluding hydrogens is 256 g/mol. The molecule has 0 fully saturated rings. The number of aliphatic hydroxyl groups excluding tert-OH is 1. The molecule has 0 heterocycles. The molecular formula is C16H16O4. The highest BCUT2D eigenvalue weighted by Crippen LogP contribution is 2.20. The van der Waals surface area contributed by atoms with Gasteiger partial charge in [0.05, 0.1) is 7.11 Å². The van der Waals surface area contributed by atoms with Crippen LogP contribution < -0.4 is 4.74 Å². The molecule has 0 bridgehead atoms. The van der Waals surface area contributed by atoms with Gasteiger partial charge in [-0.3, -0.25) is 4.79 Å². The molecule has 0 aromatic heterocycles. The molecule has 4 heteroatoms. The number of hydrogen-bond acceptors (Lipinski definition) is 4. The molecule has 1 aromatic rings. The van der Waals surface area contributed by atoms with Crippen LogP contribution in [0.3, 0.4) is 0 Å². The summed E-state index contributed by atoms with van der Waals surface area (Å²) in [7, 11) is 1.55. The van der Waals surface area contributed by atoms with Crippen LogP contribution in [0.5, 0.6) is 5.75 Å². The molecule has 1 aliphatic carbocycles. The second kappa shape index (κ2) is 5.86. The van der Waals surface area contributed by atoms with Gasteiger partial charge in [0.15, 0.2) is 5.78 Å². The summed E-state index contributed by atoms with van der Waals surface area (Å²) in [5.74, 6) is 0.413. The van der Waals surface area contributed by atoms with Crippen molar-refractivity contribution in [3.8, 4) is 5.75 Å². The van der Waals surface area contributed by atoms with Crippen molar-refractivity contribution in [3.05, 3.63) is 66.3 Å². The van der Waals surface area contributed by atoms with Crippen molar-refractivity contribution < 1.29 is 19.7 Å². The third-order valence-electron chi connectivity index (χ3n) is 3.12. The highest BCUT2D eigenvalue weighted by molar-refractivity contribution is 6.04. The maximum Gasteiger partial charge on any atom is 0.185 e. The fourth-order valence-electron chi connectivity index (χ4n) is 1.85. The van der Waals surface area contributed by atoms with Gasteiger partial charge in [-0.05, 0) is 42.5 Å². The van der Waals surface area contributed by atoms with Crippen molar-refractivity contribution >= 4 is 5.78 Å². The van der Waals surface area contributed by atoms with Crippen molar-refractivity contribution in [2.24, 2.45) is 0 Å². The predicted molar refractivity (Wildman–Crippen MR) is 75.7 cm³/mol. The number of methoxy groups -OCH3 is 1. The fraction of sp³-hybridized carbons (Fsp3) is 0.188. The zero-order valence-electron chi connectivity index (χ0n) is 11.1. The fourth-order valence-corrected chi connectivity index (χ4v) is 1.85. The molecule has 1 aliphatic rings. The predicted octanol–water partition coefficient (Wildman–Crippen LogP) is 1.65. The van der Waals surface area contributed by atoms with Gasteiger partial charge in [0.1, 0.15) is 17.5 Å². The van der Waals surface area contributed by atoms with E-state index in [1.807, 2.05) is 0 Å². The number of allylic oxidation sites excluding steroid dienone is 3. The van der Waals surface area contributed by atoms with Crippen LogP contribution in [0.15, 0.2) is 60.7 Å². The van der Waals surface area contributed by atoms with Crippen LogP contribution in [-0.4, -0.2) is 34.8 Å². The molecule has 4 nitrogen and oxygen atoms in total. The quantitative estimate of drug-likeness (QED) is 0.646. The van der Waals surface area contributed by atoms with Crippen molar-refractivity contribution in [2.75, 3.05) is 7.11 Å². The number of rotatable bonds is 4. The number of benzene rings is 1. The molecule has 2 unspecified atom stereocenters. The largest absolute Gasteiger partial charge is 0.497 e. The normalized spacial score (nSPS) is 25.1. The number of ketones is 1. The van der Waals surface area contributed by atoms with Crippen LogP contribution in [0.4, 0.5) is 0 Å². The van der Waals surface area contributed by atoms with Crippen LogP contribution in [0.2, 0.25) is 0 Å². The second-order valence-electron chi connectivity index (χ2n) is 4.50. The molecule has 20 heavy (non-hydrogen) atoms. The van der Waals surface area contributed by atoms with E-state index in [0.717, 1.165) is 0 Å². The summed E-state index contributed by atoms with van der Waals surface area (Å²) in [6.45, 7) is 0. The summed E-state index contributed by atoms with van der Waals surface area (Å²) in [5.41, 5.74) is -1.06. The Hall–Kier alpha value is -2.17. The molecule has 1 aromatic carbocycles. The topological polar surface area (TPSA) is 66.8 Å². The first-order valence-electron chi connectivity index (χ1n) is 6.19. The monoisotopic (exact) mass is 272 g/mol. The average Bonchev–Trinajstić information content (AvgIpc) is 2.48. The van der Waals surface area contributed by atoms with Gasteiger partial charge >= 0.3 is 0 Å². The lowest BCUT2D eigenvalue weighted by atomic mass is 9.91. The third kappa shape index (κ3) is 3.04. The molecule has 0 aliphatic heterocycles. The van der Waals surface area contributed by atoms with E-state index in [0.29, 0.717) is 11.3 Å². The minimum atomic E-state index is -1.54. The first-order valence-corrected chi connectivity index (χ1v) is 6.19.